The third-order valence-corrected chi connectivity index (χ3v) is 7.00. The monoisotopic (exact) mass is 400 g/mol. The van der Waals surface area contributed by atoms with Crippen molar-refractivity contribution in [3.05, 3.63) is 144 Å². The van der Waals surface area contributed by atoms with Gasteiger partial charge in [0.25, 0.3) is 0 Å². The van der Waals surface area contributed by atoms with Crippen LogP contribution in [-0.4, -0.2) is 0 Å². The molecular weight excluding hydrogens is 379 g/mol. The molecule has 4 rings (SSSR count). The van der Waals surface area contributed by atoms with Crippen LogP contribution in [0.2, 0.25) is 0 Å². The smallest absolute Gasteiger partial charge is 0.0567 e. The van der Waals surface area contributed by atoms with Gasteiger partial charge in [-0.2, -0.15) is 0 Å². The Morgan fingerprint density at radius 1 is 0.500 bits per heavy atom. The highest BCUT2D eigenvalue weighted by molar-refractivity contribution is 7.68. The predicted molar refractivity (Wildman–Crippen MR) is 123 cm³/mol. The Balaban J connectivity index is 2.10. The summed E-state index contributed by atoms with van der Waals surface area (Å²) in [5.74, 6) is 0. The largest absolute Gasteiger partial charge is 0.0994 e. The van der Waals surface area contributed by atoms with Crippen molar-refractivity contribution in [1.29, 1.82) is 0 Å². The van der Waals surface area contributed by atoms with Crippen LogP contribution >= 0.6 is 19.2 Å². The molecule has 0 nitrogen and oxygen atoms in total. The molecule has 138 valence electrons. The van der Waals surface area contributed by atoms with Gasteiger partial charge in [-0.15, -0.1) is 0 Å². The second-order valence-electron chi connectivity index (χ2n) is 6.86. The molecule has 0 aliphatic rings. The van der Waals surface area contributed by atoms with Crippen molar-refractivity contribution in [2.45, 2.75) is 11.1 Å². The van der Waals surface area contributed by atoms with Crippen LogP contribution in [0, 0.1) is 0 Å². The lowest BCUT2D eigenvalue weighted by atomic mass is 9.65. The summed E-state index contributed by atoms with van der Waals surface area (Å²) in [6.07, 6.45) is 0. The molecule has 4 aromatic rings. The molecule has 2 atom stereocenters. The quantitative estimate of drug-likeness (QED) is 0.231. The lowest BCUT2D eigenvalue weighted by Gasteiger charge is -2.42. The minimum absolute atomic E-state index is 0.113. The minimum Gasteiger partial charge on any atom is -0.0994 e. The summed E-state index contributed by atoms with van der Waals surface area (Å²) in [5.41, 5.74) is 4.78. The SMILES string of the molecule is ClPC(c1ccccc1)C(c1ccccc1)(c1ccccc1)c1ccccc1. The van der Waals surface area contributed by atoms with Crippen LogP contribution in [0.15, 0.2) is 121 Å². The fourth-order valence-corrected chi connectivity index (χ4v) is 5.99. The standard InChI is InChI=1S/C26H22ClP/c27-28-25(21-13-5-1-6-14-21)26(22-15-7-2-8-16-22,23-17-9-3-10-18-23)24-19-11-4-12-20-24/h1-20,25,28H. The van der Waals surface area contributed by atoms with Crippen LogP contribution in [0.1, 0.15) is 27.9 Å². The maximum atomic E-state index is 6.76. The van der Waals surface area contributed by atoms with Gasteiger partial charge in [-0.25, -0.2) is 0 Å². The normalized spacial score (nSPS) is 12.9. The lowest BCUT2D eigenvalue weighted by molar-refractivity contribution is 0.598. The Labute approximate surface area is 173 Å². The Morgan fingerprint density at radius 2 is 0.821 bits per heavy atom. The maximum absolute atomic E-state index is 6.76. The molecule has 4 aromatic carbocycles. The van der Waals surface area contributed by atoms with Gasteiger partial charge in [0, 0.05) is 5.66 Å². The van der Waals surface area contributed by atoms with Crippen LogP contribution < -0.4 is 0 Å². The van der Waals surface area contributed by atoms with E-state index >= 15 is 0 Å². The highest BCUT2D eigenvalue weighted by atomic mass is 35.7. The van der Waals surface area contributed by atoms with Crippen LogP contribution in [0.4, 0.5) is 0 Å². The summed E-state index contributed by atoms with van der Waals surface area (Å²) in [7, 11) is 0.227. The minimum atomic E-state index is -0.370. The third-order valence-electron chi connectivity index (χ3n) is 5.36. The fourth-order valence-electron chi connectivity index (χ4n) is 4.14. The Morgan fingerprint density at radius 3 is 1.14 bits per heavy atom. The van der Waals surface area contributed by atoms with Crippen LogP contribution in [0.25, 0.3) is 0 Å². The molecule has 0 radical (unpaired) electrons. The van der Waals surface area contributed by atoms with E-state index in [1.54, 1.807) is 0 Å². The zero-order chi connectivity index (χ0) is 19.2. The van der Waals surface area contributed by atoms with E-state index in [2.05, 4.69) is 121 Å². The molecule has 0 aliphatic carbocycles. The molecule has 28 heavy (non-hydrogen) atoms. The average molecular weight is 401 g/mol. The predicted octanol–water partition coefficient (Wildman–Crippen LogP) is 7.59. The third kappa shape index (κ3) is 3.39. The number of halogens is 1. The average Bonchev–Trinajstić information content (AvgIpc) is 2.80. The fraction of sp³-hybridized carbons (Fsp3) is 0.0769. The van der Waals surface area contributed by atoms with E-state index in [1.165, 1.54) is 22.3 Å². The van der Waals surface area contributed by atoms with E-state index in [0.717, 1.165) is 0 Å². The highest BCUT2D eigenvalue weighted by Crippen LogP contribution is 2.58. The Kier molecular flexibility index (Phi) is 5.91. The molecule has 0 aromatic heterocycles. The highest BCUT2D eigenvalue weighted by Gasteiger charge is 2.44. The summed E-state index contributed by atoms with van der Waals surface area (Å²) in [6.45, 7) is 0. The Bertz CT molecular complexity index is 889. The van der Waals surface area contributed by atoms with Gasteiger partial charge in [-0.1, -0.05) is 133 Å². The van der Waals surface area contributed by atoms with Crippen LogP contribution in [0.5, 0.6) is 0 Å². The molecule has 2 heteroatoms. The van der Waals surface area contributed by atoms with E-state index in [9.17, 15) is 0 Å². The molecule has 0 fully saturated rings. The first-order chi connectivity index (χ1) is 13.9. The second-order valence-corrected chi connectivity index (χ2v) is 8.31. The first-order valence-electron chi connectivity index (χ1n) is 9.45. The Hall–Kier alpha value is -2.40. The lowest BCUT2D eigenvalue weighted by Crippen LogP contribution is -2.34. The molecule has 0 saturated carbocycles. The van der Waals surface area contributed by atoms with Gasteiger partial charge < -0.3 is 0 Å². The molecule has 0 bridgehead atoms. The van der Waals surface area contributed by atoms with Crippen LogP contribution in [0.3, 0.4) is 0 Å². The van der Waals surface area contributed by atoms with Crippen molar-refractivity contribution in [2.75, 3.05) is 0 Å². The number of rotatable bonds is 6. The van der Waals surface area contributed by atoms with Gasteiger partial charge in [0.05, 0.1) is 5.41 Å². The summed E-state index contributed by atoms with van der Waals surface area (Å²) in [6, 6.07) is 43.0. The zero-order valence-corrected chi connectivity index (χ0v) is 17.3. The van der Waals surface area contributed by atoms with Crippen molar-refractivity contribution in [3.63, 3.8) is 0 Å². The molecular formula is C26H22ClP. The molecule has 0 N–H and O–H groups in total. The van der Waals surface area contributed by atoms with Crippen molar-refractivity contribution < 1.29 is 0 Å². The molecule has 0 saturated heterocycles. The van der Waals surface area contributed by atoms with Gasteiger partial charge in [0.1, 0.15) is 0 Å². The van der Waals surface area contributed by atoms with Gasteiger partial charge in [0.15, 0.2) is 0 Å². The number of hydrogen-bond donors (Lipinski definition) is 0. The van der Waals surface area contributed by atoms with Crippen molar-refractivity contribution in [3.8, 4) is 0 Å². The van der Waals surface area contributed by atoms with Gasteiger partial charge in [-0.3, -0.25) is 0 Å². The first-order valence-corrected chi connectivity index (χ1v) is 11.5. The van der Waals surface area contributed by atoms with E-state index in [-0.39, 0.29) is 19.0 Å². The van der Waals surface area contributed by atoms with E-state index < -0.39 is 0 Å². The second kappa shape index (κ2) is 8.74. The topological polar surface area (TPSA) is 0 Å². The van der Waals surface area contributed by atoms with Crippen molar-refractivity contribution >= 4 is 19.2 Å². The summed E-state index contributed by atoms with van der Waals surface area (Å²) >= 11 is 6.76. The molecule has 0 heterocycles. The van der Waals surface area contributed by atoms with E-state index in [1.807, 2.05) is 0 Å². The first kappa shape index (κ1) is 18.9. The van der Waals surface area contributed by atoms with Crippen molar-refractivity contribution in [1.82, 2.24) is 0 Å². The maximum Gasteiger partial charge on any atom is 0.0567 e. The van der Waals surface area contributed by atoms with Crippen LogP contribution in [-0.2, 0) is 5.41 Å². The van der Waals surface area contributed by atoms with E-state index in [0.29, 0.717) is 0 Å². The molecule has 2 unspecified atom stereocenters. The summed E-state index contributed by atoms with van der Waals surface area (Å²) in [5, 5.41) is 0. The molecule has 0 aliphatic heterocycles. The molecule has 0 amide bonds. The van der Waals surface area contributed by atoms with Crippen molar-refractivity contribution in [2.24, 2.45) is 0 Å². The molecule has 0 spiro atoms. The van der Waals surface area contributed by atoms with Gasteiger partial charge in [0.2, 0.25) is 0 Å². The zero-order valence-electron chi connectivity index (χ0n) is 15.5. The summed E-state index contributed by atoms with van der Waals surface area (Å²) < 4.78 is 0. The number of benzene rings is 4. The van der Waals surface area contributed by atoms with E-state index in [4.69, 9.17) is 11.2 Å². The number of hydrogen-bond acceptors (Lipinski definition) is 0. The summed E-state index contributed by atoms with van der Waals surface area (Å²) in [4.78, 5) is 0. The van der Waals surface area contributed by atoms with Gasteiger partial charge in [-0.05, 0) is 30.2 Å². The van der Waals surface area contributed by atoms with Gasteiger partial charge >= 0.3 is 0 Å².